The van der Waals surface area contributed by atoms with Gasteiger partial charge in [0.05, 0.1) is 6.61 Å². The molecule has 1 saturated carbocycles. The van der Waals surface area contributed by atoms with E-state index in [0.717, 1.165) is 47.7 Å². The number of likely N-dealkylation sites (tertiary alicyclic amines) is 1. The van der Waals surface area contributed by atoms with E-state index in [9.17, 15) is 0 Å². The molecule has 2 aliphatic rings. The van der Waals surface area contributed by atoms with Crippen LogP contribution in [0.25, 0.3) is 11.4 Å². The fourth-order valence-electron chi connectivity index (χ4n) is 5.11. The molecule has 2 fully saturated rings. The molecule has 2 heterocycles. The van der Waals surface area contributed by atoms with Crippen LogP contribution in [0.15, 0.2) is 36.5 Å². The van der Waals surface area contributed by atoms with E-state index < -0.39 is 0 Å². The predicted octanol–water partition coefficient (Wildman–Crippen LogP) is 5.09. The molecule has 3 unspecified atom stereocenters. The fraction of sp³-hybridized carbons (Fsp3) is 0.600. The van der Waals surface area contributed by atoms with Crippen LogP contribution >= 0.6 is 0 Å². The monoisotopic (exact) mass is 393 g/mol. The van der Waals surface area contributed by atoms with Crippen LogP contribution in [0.4, 0.5) is 0 Å². The van der Waals surface area contributed by atoms with Crippen molar-refractivity contribution in [2.24, 2.45) is 23.2 Å². The van der Waals surface area contributed by atoms with Crippen molar-refractivity contribution in [3.8, 4) is 17.1 Å². The molecule has 0 bridgehead atoms. The second-order valence-electron chi connectivity index (χ2n) is 10.1. The molecule has 4 heteroatoms. The van der Waals surface area contributed by atoms with Gasteiger partial charge in [-0.25, -0.2) is 9.97 Å². The lowest BCUT2D eigenvalue weighted by Gasteiger charge is -2.27. The summed E-state index contributed by atoms with van der Waals surface area (Å²) < 4.78 is 6.21. The second kappa shape index (κ2) is 8.43. The average molecular weight is 394 g/mol. The highest BCUT2D eigenvalue weighted by atomic mass is 16.5. The maximum atomic E-state index is 6.21. The van der Waals surface area contributed by atoms with Crippen molar-refractivity contribution in [2.75, 3.05) is 26.2 Å². The molecule has 29 heavy (non-hydrogen) atoms. The Morgan fingerprint density at radius 2 is 1.86 bits per heavy atom. The number of rotatable bonds is 6. The van der Waals surface area contributed by atoms with Gasteiger partial charge in [0.2, 0.25) is 0 Å². The van der Waals surface area contributed by atoms with Crippen molar-refractivity contribution < 1.29 is 4.74 Å². The maximum Gasteiger partial charge on any atom is 0.159 e. The van der Waals surface area contributed by atoms with Gasteiger partial charge in [-0.05, 0) is 72.8 Å². The zero-order valence-corrected chi connectivity index (χ0v) is 18.4. The summed E-state index contributed by atoms with van der Waals surface area (Å²) in [6, 6.07) is 10.2. The Balaban J connectivity index is 1.32. The first kappa shape index (κ1) is 20.3. The summed E-state index contributed by atoms with van der Waals surface area (Å²) >= 11 is 0. The van der Waals surface area contributed by atoms with Crippen LogP contribution in [-0.2, 0) is 6.42 Å². The average Bonchev–Trinajstić information content (AvgIpc) is 3.25. The van der Waals surface area contributed by atoms with Crippen LogP contribution in [0.1, 0.15) is 46.2 Å². The second-order valence-corrected chi connectivity index (χ2v) is 10.1. The third kappa shape index (κ3) is 4.98. The van der Waals surface area contributed by atoms with Crippen LogP contribution in [0, 0.1) is 23.2 Å². The fourth-order valence-corrected chi connectivity index (χ4v) is 5.11. The number of fused-ring (bicyclic) bond motifs is 1. The summed E-state index contributed by atoms with van der Waals surface area (Å²) in [7, 11) is 0. The van der Waals surface area contributed by atoms with E-state index in [4.69, 9.17) is 4.74 Å². The molecule has 1 aliphatic carbocycles. The molecule has 0 N–H and O–H groups in total. The number of ether oxygens (including phenoxy) is 1. The van der Waals surface area contributed by atoms with Crippen LogP contribution in [0.2, 0.25) is 0 Å². The van der Waals surface area contributed by atoms with Gasteiger partial charge < -0.3 is 9.64 Å². The van der Waals surface area contributed by atoms with E-state index in [1.54, 1.807) is 0 Å². The van der Waals surface area contributed by atoms with E-state index in [2.05, 4.69) is 66.8 Å². The largest absolute Gasteiger partial charge is 0.493 e. The maximum absolute atomic E-state index is 6.21. The molecule has 4 rings (SSSR count). The van der Waals surface area contributed by atoms with Gasteiger partial charge in [-0.1, -0.05) is 27.7 Å². The lowest BCUT2D eigenvalue weighted by molar-refractivity contribution is 0.181. The van der Waals surface area contributed by atoms with Gasteiger partial charge in [0.1, 0.15) is 5.75 Å². The van der Waals surface area contributed by atoms with Crippen LogP contribution < -0.4 is 4.74 Å². The van der Waals surface area contributed by atoms with Crippen LogP contribution in [0.3, 0.4) is 0 Å². The van der Waals surface area contributed by atoms with E-state index >= 15 is 0 Å². The quantitative estimate of drug-likeness (QED) is 0.685. The SMILES string of the molecule is CCc1ccnc(-c2ccc(OCC3CCC4CN(CC(C)(C)C)CC34)cc2)n1. The first-order chi connectivity index (χ1) is 13.9. The molecule has 156 valence electrons. The highest BCUT2D eigenvalue weighted by Crippen LogP contribution is 2.43. The molecule has 1 aromatic carbocycles. The Hall–Kier alpha value is -1.94. The molecular formula is C25H35N3O. The molecule has 2 aromatic rings. The highest BCUT2D eigenvalue weighted by Gasteiger charge is 2.43. The molecular weight excluding hydrogens is 358 g/mol. The third-order valence-corrected chi connectivity index (χ3v) is 6.43. The molecule has 1 saturated heterocycles. The summed E-state index contributed by atoms with van der Waals surface area (Å²) in [5.41, 5.74) is 2.50. The summed E-state index contributed by atoms with van der Waals surface area (Å²) in [6.45, 7) is 13.7. The molecule has 0 spiro atoms. The van der Waals surface area contributed by atoms with E-state index in [1.807, 2.05) is 12.3 Å². The smallest absolute Gasteiger partial charge is 0.159 e. The number of hydrogen-bond donors (Lipinski definition) is 0. The van der Waals surface area contributed by atoms with Crippen molar-refractivity contribution >= 4 is 0 Å². The Labute approximate surface area is 175 Å². The van der Waals surface area contributed by atoms with Crippen molar-refractivity contribution in [2.45, 2.75) is 47.0 Å². The summed E-state index contributed by atoms with van der Waals surface area (Å²) in [5.74, 6) is 4.11. The molecule has 1 aliphatic heterocycles. The van der Waals surface area contributed by atoms with Gasteiger partial charge in [-0.2, -0.15) is 0 Å². The Bertz CT molecular complexity index is 812. The van der Waals surface area contributed by atoms with Crippen molar-refractivity contribution in [3.63, 3.8) is 0 Å². The molecule has 0 radical (unpaired) electrons. The summed E-state index contributed by atoms with van der Waals surface area (Å²) in [6.07, 6.45) is 5.44. The summed E-state index contributed by atoms with van der Waals surface area (Å²) in [4.78, 5) is 11.7. The lowest BCUT2D eigenvalue weighted by atomic mass is 9.93. The Morgan fingerprint density at radius 1 is 1.07 bits per heavy atom. The number of nitrogens with zero attached hydrogens (tertiary/aromatic N) is 3. The van der Waals surface area contributed by atoms with Crippen LogP contribution in [0.5, 0.6) is 5.75 Å². The number of hydrogen-bond acceptors (Lipinski definition) is 4. The Morgan fingerprint density at radius 3 is 2.59 bits per heavy atom. The van der Waals surface area contributed by atoms with Crippen molar-refractivity contribution in [1.82, 2.24) is 14.9 Å². The van der Waals surface area contributed by atoms with Gasteiger partial charge in [-0.15, -0.1) is 0 Å². The number of aryl methyl sites for hydroxylation is 1. The highest BCUT2D eigenvalue weighted by molar-refractivity contribution is 5.56. The zero-order chi connectivity index (χ0) is 20.4. The molecule has 1 aromatic heterocycles. The molecule has 0 amide bonds. The normalized spacial score (nSPS) is 24.6. The van der Waals surface area contributed by atoms with Crippen molar-refractivity contribution in [3.05, 3.63) is 42.2 Å². The topological polar surface area (TPSA) is 38.2 Å². The van der Waals surface area contributed by atoms with E-state index in [0.29, 0.717) is 11.3 Å². The van der Waals surface area contributed by atoms with Gasteiger partial charge in [0.15, 0.2) is 5.82 Å². The standard InChI is InChI=1S/C25H35N3O/c1-5-21-12-13-26-24(27-21)18-8-10-22(11-9-18)29-16-20-7-6-19-14-28(15-23(19)20)17-25(2,3)4/h8-13,19-20,23H,5-7,14-17H2,1-4H3. The Kier molecular flexibility index (Phi) is 5.91. The van der Waals surface area contributed by atoms with E-state index in [-0.39, 0.29) is 0 Å². The van der Waals surface area contributed by atoms with Crippen LogP contribution in [-0.4, -0.2) is 41.1 Å². The zero-order valence-electron chi connectivity index (χ0n) is 18.4. The first-order valence-electron chi connectivity index (χ1n) is 11.2. The molecule has 3 atom stereocenters. The number of aromatic nitrogens is 2. The van der Waals surface area contributed by atoms with Gasteiger partial charge in [-0.3, -0.25) is 0 Å². The lowest BCUT2D eigenvalue weighted by Crippen LogP contribution is -2.32. The first-order valence-corrected chi connectivity index (χ1v) is 11.2. The summed E-state index contributed by atoms with van der Waals surface area (Å²) in [5, 5.41) is 0. The minimum atomic E-state index is 0.382. The third-order valence-electron chi connectivity index (χ3n) is 6.43. The minimum absolute atomic E-state index is 0.382. The number of benzene rings is 1. The minimum Gasteiger partial charge on any atom is -0.493 e. The van der Waals surface area contributed by atoms with Crippen molar-refractivity contribution in [1.29, 1.82) is 0 Å². The van der Waals surface area contributed by atoms with Gasteiger partial charge >= 0.3 is 0 Å². The van der Waals surface area contributed by atoms with E-state index in [1.165, 1.54) is 32.5 Å². The van der Waals surface area contributed by atoms with Gasteiger partial charge in [0.25, 0.3) is 0 Å². The predicted molar refractivity (Wildman–Crippen MR) is 118 cm³/mol. The molecule has 4 nitrogen and oxygen atoms in total. The van der Waals surface area contributed by atoms with Gasteiger partial charge in [0, 0.05) is 37.1 Å².